The third kappa shape index (κ3) is 3.54. The lowest BCUT2D eigenvalue weighted by molar-refractivity contribution is 0.432. The third-order valence-electron chi connectivity index (χ3n) is 2.60. The number of benzene rings is 1. The van der Waals surface area contributed by atoms with Crippen LogP contribution < -0.4 is 5.32 Å². The first-order valence-corrected chi connectivity index (χ1v) is 6.63. The van der Waals surface area contributed by atoms with E-state index >= 15 is 0 Å². The standard InChI is InChI=1S/C13H15IN2O/c1-9-7-16-13(17-9)8-15-10(2)11-3-5-12(14)6-4-11/h3-7,10,15H,8H2,1-2H3. The van der Waals surface area contributed by atoms with Gasteiger partial charge >= 0.3 is 0 Å². The smallest absolute Gasteiger partial charge is 0.208 e. The van der Waals surface area contributed by atoms with Crippen LogP contribution in [0.25, 0.3) is 0 Å². The molecule has 1 unspecified atom stereocenters. The molecule has 1 aromatic carbocycles. The molecule has 0 aliphatic rings. The van der Waals surface area contributed by atoms with Gasteiger partial charge in [-0.2, -0.15) is 0 Å². The first-order chi connectivity index (χ1) is 8.15. The minimum Gasteiger partial charge on any atom is -0.445 e. The Morgan fingerprint density at radius 1 is 1.35 bits per heavy atom. The van der Waals surface area contributed by atoms with E-state index in [9.17, 15) is 0 Å². The van der Waals surface area contributed by atoms with Crippen LogP contribution >= 0.6 is 22.6 Å². The van der Waals surface area contributed by atoms with Crippen molar-refractivity contribution in [3.8, 4) is 0 Å². The van der Waals surface area contributed by atoms with Crippen LogP contribution in [0.2, 0.25) is 0 Å². The van der Waals surface area contributed by atoms with Gasteiger partial charge in [-0.05, 0) is 54.1 Å². The van der Waals surface area contributed by atoms with E-state index in [1.165, 1.54) is 9.13 Å². The number of oxazole rings is 1. The Hall–Kier alpha value is -0.880. The molecule has 1 heterocycles. The van der Waals surface area contributed by atoms with Crippen molar-refractivity contribution < 1.29 is 4.42 Å². The molecule has 0 amide bonds. The van der Waals surface area contributed by atoms with Crippen molar-refractivity contribution in [2.45, 2.75) is 26.4 Å². The Morgan fingerprint density at radius 3 is 2.65 bits per heavy atom. The average Bonchev–Trinajstić information content (AvgIpc) is 2.73. The predicted octanol–water partition coefficient (Wildman–Crippen LogP) is 3.44. The molecule has 90 valence electrons. The largest absolute Gasteiger partial charge is 0.445 e. The van der Waals surface area contributed by atoms with Gasteiger partial charge in [-0.1, -0.05) is 12.1 Å². The van der Waals surface area contributed by atoms with E-state index in [1.54, 1.807) is 6.20 Å². The van der Waals surface area contributed by atoms with Gasteiger partial charge in [0, 0.05) is 9.61 Å². The summed E-state index contributed by atoms with van der Waals surface area (Å²) in [6.07, 6.45) is 1.74. The van der Waals surface area contributed by atoms with Crippen LogP contribution in [0.3, 0.4) is 0 Å². The number of hydrogen-bond donors (Lipinski definition) is 1. The van der Waals surface area contributed by atoms with E-state index in [1.807, 2.05) is 6.92 Å². The van der Waals surface area contributed by atoms with Gasteiger partial charge < -0.3 is 9.73 Å². The maximum absolute atomic E-state index is 5.41. The second kappa shape index (κ2) is 5.64. The summed E-state index contributed by atoms with van der Waals surface area (Å²) in [4.78, 5) is 4.17. The highest BCUT2D eigenvalue weighted by atomic mass is 127. The molecule has 0 spiro atoms. The van der Waals surface area contributed by atoms with Crippen LogP contribution in [0, 0.1) is 10.5 Å². The molecule has 3 nitrogen and oxygen atoms in total. The summed E-state index contributed by atoms with van der Waals surface area (Å²) < 4.78 is 6.67. The van der Waals surface area contributed by atoms with E-state index in [2.05, 4.69) is 64.1 Å². The third-order valence-corrected chi connectivity index (χ3v) is 3.32. The normalized spacial score (nSPS) is 12.6. The van der Waals surface area contributed by atoms with E-state index < -0.39 is 0 Å². The van der Waals surface area contributed by atoms with Gasteiger partial charge in [-0.3, -0.25) is 0 Å². The molecule has 0 bridgehead atoms. The summed E-state index contributed by atoms with van der Waals surface area (Å²) in [5.74, 6) is 1.59. The Kier molecular flexibility index (Phi) is 4.17. The predicted molar refractivity (Wildman–Crippen MR) is 75.7 cm³/mol. The summed E-state index contributed by atoms with van der Waals surface area (Å²) in [6, 6.07) is 8.80. The maximum atomic E-state index is 5.41. The van der Waals surface area contributed by atoms with Gasteiger partial charge in [-0.15, -0.1) is 0 Å². The summed E-state index contributed by atoms with van der Waals surface area (Å²) >= 11 is 2.31. The molecule has 0 fully saturated rings. The molecule has 0 saturated carbocycles. The SMILES string of the molecule is Cc1cnc(CNC(C)c2ccc(I)cc2)o1. The quantitative estimate of drug-likeness (QED) is 0.865. The number of halogens is 1. The second-order valence-electron chi connectivity index (χ2n) is 4.02. The Balaban J connectivity index is 1.93. The van der Waals surface area contributed by atoms with Crippen molar-refractivity contribution in [1.29, 1.82) is 0 Å². The number of aryl methyl sites for hydroxylation is 1. The van der Waals surface area contributed by atoms with Crippen LogP contribution in [0.1, 0.15) is 30.2 Å². The second-order valence-corrected chi connectivity index (χ2v) is 5.26. The number of nitrogens with zero attached hydrogens (tertiary/aromatic N) is 1. The number of rotatable bonds is 4. The topological polar surface area (TPSA) is 38.1 Å². The molecular formula is C13H15IN2O. The molecule has 1 atom stereocenters. The van der Waals surface area contributed by atoms with Crippen LogP contribution in [-0.4, -0.2) is 4.98 Å². The number of nitrogens with one attached hydrogen (secondary N) is 1. The Morgan fingerprint density at radius 2 is 2.06 bits per heavy atom. The van der Waals surface area contributed by atoms with Gasteiger partial charge in [0.1, 0.15) is 5.76 Å². The summed E-state index contributed by atoms with van der Waals surface area (Å²) in [5.41, 5.74) is 1.27. The summed E-state index contributed by atoms with van der Waals surface area (Å²) in [5, 5.41) is 3.39. The maximum Gasteiger partial charge on any atom is 0.208 e. The highest BCUT2D eigenvalue weighted by Gasteiger charge is 2.06. The van der Waals surface area contributed by atoms with E-state index in [4.69, 9.17) is 4.42 Å². The van der Waals surface area contributed by atoms with Crippen LogP contribution in [-0.2, 0) is 6.54 Å². The molecule has 2 aromatic rings. The van der Waals surface area contributed by atoms with Crippen molar-refractivity contribution in [2.24, 2.45) is 0 Å². The van der Waals surface area contributed by atoms with Crippen molar-refractivity contribution in [3.63, 3.8) is 0 Å². The molecular weight excluding hydrogens is 327 g/mol. The van der Waals surface area contributed by atoms with Gasteiger partial charge in [0.05, 0.1) is 12.7 Å². The summed E-state index contributed by atoms with van der Waals surface area (Å²) in [7, 11) is 0. The van der Waals surface area contributed by atoms with Gasteiger partial charge in [0.2, 0.25) is 5.89 Å². The lowest BCUT2D eigenvalue weighted by atomic mass is 10.1. The molecule has 0 aliphatic heterocycles. The van der Waals surface area contributed by atoms with Crippen LogP contribution in [0.4, 0.5) is 0 Å². The van der Waals surface area contributed by atoms with Gasteiger partial charge in [0.25, 0.3) is 0 Å². The Labute approximate surface area is 115 Å². The minimum absolute atomic E-state index is 0.291. The van der Waals surface area contributed by atoms with Crippen LogP contribution in [0.15, 0.2) is 34.9 Å². The van der Waals surface area contributed by atoms with Crippen molar-refractivity contribution >= 4 is 22.6 Å². The first-order valence-electron chi connectivity index (χ1n) is 5.55. The zero-order valence-corrected chi connectivity index (χ0v) is 12.1. The fourth-order valence-electron chi connectivity index (χ4n) is 1.59. The number of aromatic nitrogens is 1. The van der Waals surface area contributed by atoms with Gasteiger partial charge in [-0.25, -0.2) is 4.98 Å². The first kappa shape index (κ1) is 12.6. The van der Waals surface area contributed by atoms with E-state index in [0.717, 1.165) is 11.7 Å². The van der Waals surface area contributed by atoms with Crippen molar-refractivity contribution in [1.82, 2.24) is 10.3 Å². The highest BCUT2D eigenvalue weighted by Crippen LogP contribution is 2.15. The monoisotopic (exact) mass is 342 g/mol. The molecule has 0 aliphatic carbocycles. The fourth-order valence-corrected chi connectivity index (χ4v) is 1.95. The molecule has 4 heteroatoms. The van der Waals surface area contributed by atoms with E-state index in [-0.39, 0.29) is 0 Å². The number of hydrogen-bond acceptors (Lipinski definition) is 3. The highest BCUT2D eigenvalue weighted by molar-refractivity contribution is 14.1. The molecule has 17 heavy (non-hydrogen) atoms. The zero-order chi connectivity index (χ0) is 12.3. The van der Waals surface area contributed by atoms with Crippen molar-refractivity contribution in [3.05, 3.63) is 51.2 Å². The lowest BCUT2D eigenvalue weighted by Gasteiger charge is -2.12. The molecule has 0 radical (unpaired) electrons. The average molecular weight is 342 g/mol. The molecule has 2 rings (SSSR count). The minimum atomic E-state index is 0.291. The fraction of sp³-hybridized carbons (Fsp3) is 0.308. The molecule has 1 aromatic heterocycles. The molecule has 1 N–H and O–H groups in total. The molecule has 0 saturated heterocycles. The van der Waals surface area contributed by atoms with Crippen molar-refractivity contribution in [2.75, 3.05) is 0 Å². The zero-order valence-electron chi connectivity index (χ0n) is 9.90. The van der Waals surface area contributed by atoms with Gasteiger partial charge in [0.15, 0.2) is 0 Å². The lowest BCUT2D eigenvalue weighted by Crippen LogP contribution is -2.18. The van der Waals surface area contributed by atoms with E-state index in [0.29, 0.717) is 12.6 Å². The Bertz CT molecular complexity index is 478. The van der Waals surface area contributed by atoms with Crippen LogP contribution in [0.5, 0.6) is 0 Å². The summed E-state index contributed by atoms with van der Waals surface area (Å²) in [6.45, 7) is 4.69.